The van der Waals surface area contributed by atoms with E-state index in [0.717, 1.165) is 30.8 Å². The van der Waals surface area contributed by atoms with E-state index in [2.05, 4.69) is 27.7 Å². The molecular weight excluding hydrogens is 279 g/mol. The van der Waals surface area contributed by atoms with Crippen LogP contribution >= 0.6 is 0 Å². The molecule has 2 heterocycles. The first-order valence-electron chi connectivity index (χ1n) is 8.04. The first-order valence-corrected chi connectivity index (χ1v) is 8.04. The summed E-state index contributed by atoms with van der Waals surface area (Å²) in [5.74, 6) is 1.32. The summed E-state index contributed by atoms with van der Waals surface area (Å²) < 4.78 is 23.7. The molecule has 2 fully saturated rings. The molecule has 0 bridgehead atoms. The van der Waals surface area contributed by atoms with Crippen LogP contribution in [0.4, 0.5) is 0 Å². The van der Waals surface area contributed by atoms with E-state index < -0.39 is 0 Å². The van der Waals surface area contributed by atoms with Crippen LogP contribution in [0.2, 0.25) is 0 Å². The zero-order chi connectivity index (χ0) is 15.8. The topological polar surface area (TPSA) is 36.9 Å². The maximum Gasteiger partial charge on any atom is 0.498 e. The Morgan fingerprint density at radius 2 is 1.82 bits per heavy atom. The van der Waals surface area contributed by atoms with Gasteiger partial charge in [-0.05, 0) is 40.2 Å². The van der Waals surface area contributed by atoms with Crippen molar-refractivity contribution in [2.45, 2.75) is 45.3 Å². The van der Waals surface area contributed by atoms with Crippen LogP contribution in [-0.4, -0.2) is 38.1 Å². The standard InChI is InChI=1S/C17H25BO4/c1-16(2)17(3,4)22-18(21-16)14-7-5-6-8-15(14)20-12-13-9-10-19-11-13/h5-8,13H,9-12H2,1-4H3. The molecule has 1 aromatic carbocycles. The van der Waals surface area contributed by atoms with Gasteiger partial charge in [-0.2, -0.15) is 0 Å². The molecule has 1 unspecified atom stereocenters. The van der Waals surface area contributed by atoms with Gasteiger partial charge in [0.05, 0.1) is 24.4 Å². The van der Waals surface area contributed by atoms with E-state index in [1.54, 1.807) is 0 Å². The Morgan fingerprint density at radius 3 is 2.45 bits per heavy atom. The van der Waals surface area contributed by atoms with E-state index in [1.165, 1.54) is 0 Å². The van der Waals surface area contributed by atoms with E-state index in [-0.39, 0.29) is 18.3 Å². The zero-order valence-electron chi connectivity index (χ0n) is 13.9. The van der Waals surface area contributed by atoms with Gasteiger partial charge in [-0.3, -0.25) is 0 Å². The lowest BCUT2D eigenvalue weighted by Gasteiger charge is -2.32. The molecule has 0 radical (unpaired) electrons. The summed E-state index contributed by atoms with van der Waals surface area (Å²) in [5, 5.41) is 0. The third kappa shape index (κ3) is 3.03. The quantitative estimate of drug-likeness (QED) is 0.801. The van der Waals surface area contributed by atoms with Crippen LogP contribution in [0, 0.1) is 5.92 Å². The van der Waals surface area contributed by atoms with Crippen molar-refractivity contribution in [3.8, 4) is 5.75 Å². The molecule has 2 aliphatic rings. The van der Waals surface area contributed by atoms with Crippen LogP contribution < -0.4 is 10.2 Å². The molecular formula is C17H25BO4. The summed E-state index contributed by atoms with van der Waals surface area (Å²) >= 11 is 0. The molecule has 1 aromatic rings. The second-order valence-electron chi connectivity index (χ2n) is 7.17. The van der Waals surface area contributed by atoms with Crippen LogP contribution in [0.5, 0.6) is 5.75 Å². The summed E-state index contributed by atoms with van der Waals surface area (Å²) in [6, 6.07) is 7.97. The maximum atomic E-state index is 6.14. The molecule has 22 heavy (non-hydrogen) atoms. The Hall–Kier alpha value is -1.04. The van der Waals surface area contributed by atoms with Crippen LogP contribution in [0.1, 0.15) is 34.1 Å². The minimum atomic E-state index is -0.388. The predicted octanol–water partition coefficient (Wildman–Crippen LogP) is 2.40. The molecule has 4 nitrogen and oxygen atoms in total. The van der Waals surface area contributed by atoms with E-state index in [1.807, 2.05) is 24.3 Å². The Kier molecular flexibility index (Phi) is 4.23. The van der Waals surface area contributed by atoms with Crippen LogP contribution in [-0.2, 0) is 14.0 Å². The second kappa shape index (κ2) is 5.87. The van der Waals surface area contributed by atoms with E-state index in [4.69, 9.17) is 18.8 Å². The minimum absolute atomic E-state index is 0.343. The van der Waals surface area contributed by atoms with E-state index in [9.17, 15) is 0 Å². The van der Waals surface area contributed by atoms with Crippen molar-refractivity contribution in [1.29, 1.82) is 0 Å². The monoisotopic (exact) mass is 304 g/mol. The smallest absolute Gasteiger partial charge is 0.494 e. The third-order valence-electron chi connectivity index (χ3n) is 4.92. The highest BCUT2D eigenvalue weighted by Crippen LogP contribution is 2.37. The van der Waals surface area contributed by atoms with Crippen LogP contribution in [0.15, 0.2) is 24.3 Å². The van der Waals surface area contributed by atoms with Gasteiger partial charge in [0.1, 0.15) is 5.75 Å². The molecule has 5 heteroatoms. The number of rotatable bonds is 4. The highest BCUT2D eigenvalue weighted by molar-refractivity contribution is 6.63. The van der Waals surface area contributed by atoms with Crippen LogP contribution in [0.25, 0.3) is 0 Å². The fourth-order valence-corrected chi connectivity index (χ4v) is 2.70. The Balaban J connectivity index is 1.74. The van der Waals surface area contributed by atoms with Gasteiger partial charge in [0.2, 0.25) is 0 Å². The molecule has 0 aliphatic carbocycles. The van der Waals surface area contributed by atoms with Gasteiger partial charge >= 0.3 is 7.12 Å². The largest absolute Gasteiger partial charge is 0.498 e. The summed E-state index contributed by atoms with van der Waals surface area (Å²) in [5.41, 5.74) is 0.272. The summed E-state index contributed by atoms with van der Waals surface area (Å²) in [7, 11) is -0.388. The average Bonchev–Trinajstić information content (AvgIpc) is 3.04. The summed E-state index contributed by atoms with van der Waals surface area (Å²) in [4.78, 5) is 0. The maximum absolute atomic E-state index is 6.14. The SMILES string of the molecule is CC1(C)OB(c2ccccc2OCC2CCOC2)OC1(C)C. The molecule has 2 aliphatic heterocycles. The first-order chi connectivity index (χ1) is 10.4. The van der Waals surface area contributed by atoms with Gasteiger partial charge in [-0.25, -0.2) is 0 Å². The number of hydrogen-bond acceptors (Lipinski definition) is 4. The van der Waals surface area contributed by atoms with Gasteiger partial charge in [0.15, 0.2) is 0 Å². The number of hydrogen-bond donors (Lipinski definition) is 0. The number of para-hydroxylation sites is 1. The Labute approximate surface area is 133 Å². The van der Waals surface area contributed by atoms with Gasteiger partial charge < -0.3 is 18.8 Å². The summed E-state index contributed by atoms with van der Waals surface area (Å²) in [6.07, 6.45) is 1.07. The second-order valence-corrected chi connectivity index (χ2v) is 7.17. The Bertz CT molecular complexity index is 507. The lowest BCUT2D eigenvalue weighted by molar-refractivity contribution is 0.00578. The van der Waals surface area contributed by atoms with Crippen molar-refractivity contribution >= 4 is 12.6 Å². The molecule has 1 atom stereocenters. The number of ether oxygens (including phenoxy) is 2. The molecule has 120 valence electrons. The van der Waals surface area contributed by atoms with Crippen molar-refractivity contribution in [3.05, 3.63) is 24.3 Å². The number of benzene rings is 1. The molecule has 0 N–H and O–H groups in total. The first kappa shape index (κ1) is 15.8. The molecule has 0 spiro atoms. The molecule has 0 amide bonds. The molecule has 2 saturated heterocycles. The highest BCUT2D eigenvalue weighted by atomic mass is 16.7. The van der Waals surface area contributed by atoms with Crippen molar-refractivity contribution in [2.75, 3.05) is 19.8 Å². The van der Waals surface area contributed by atoms with Crippen molar-refractivity contribution in [2.24, 2.45) is 5.92 Å². The van der Waals surface area contributed by atoms with Gasteiger partial charge in [0, 0.05) is 18.0 Å². The highest BCUT2D eigenvalue weighted by Gasteiger charge is 2.52. The van der Waals surface area contributed by atoms with E-state index in [0.29, 0.717) is 12.5 Å². The lowest BCUT2D eigenvalue weighted by atomic mass is 9.78. The van der Waals surface area contributed by atoms with Crippen molar-refractivity contribution in [3.63, 3.8) is 0 Å². The van der Waals surface area contributed by atoms with Gasteiger partial charge in [0.25, 0.3) is 0 Å². The molecule has 0 aromatic heterocycles. The minimum Gasteiger partial charge on any atom is -0.494 e. The lowest BCUT2D eigenvalue weighted by Crippen LogP contribution is -2.41. The van der Waals surface area contributed by atoms with Gasteiger partial charge in [-0.1, -0.05) is 18.2 Å². The fourth-order valence-electron chi connectivity index (χ4n) is 2.70. The zero-order valence-corrected chi connectivity index (χ0v) is 13.9. The molecule has 3 rings (SSSR count). The normalized spacial score (nSPS) is 26.4. The van der Waals surface area contributed by atoms with Crippen molar-refractivity contribution < 1.29 is 18.8 Å². The van der Waals surface area contributed by atoms with Crippen LogP contribution in [0.3, 0.4) is 0 Å². The predicted molar refractivity (Wildman–Crippen MR) is 86.6 cm³/mol. The Morgan fingerprint density at radius 1 is 1.14 bits per heavy atom. The molecule has 0 saturated carbocycles. The summed E-state index contributed by atoms with van der Waals surface area (Å²) in [6.45, 7) is 10.6. The fraction of sp³-hybridized carbons (Fsp3) is 0.647. The van der Waals surface area contributed by atoms with Crippen molar-refractivity contribution in [1.82, 2.24) is 0 Å². The van der Waals surface area contributed by atoms with Gasteiger partial charge in [-0.15, -0.1) is 0 Å². The van der Waals surface area contributed by atoms with E-state index >= 15 is 0 Å². The average molecular weight is 304 g/mol. The third-order valence-corrected chi connectivity index (χ3v) is 4.92.